The van der Waals surface area contributed by atoms with E-state index >= 15 is 0 Å². The van der Waals surface area contributed by atoms with Crippen LogP contribution in [0.25, 0.3) is 0 Å². The maximum absolute atomic E-state index is 12.8. The van der Waals surface area contributed by atoms with Gasteiger partial charge in [-0.25, -0.2) is 0 Å². The highest BCUT2D eigenvalue weighted by Gasteiger charge is 2.52. The largest absolute Gasteiger partial charge is 0.709 e. The van der Waals surface area contributed by atoms with Crippen LogP contribution in [0.15, 0.2) is 24.3 Å². The lowest BCUT2D eigenvalue weighted by Gasteiger charge is -2.26. The van der Waals surface area contributed by atoms with Crippen molar-refractivity contribution in [3.63, 3.8) is 0 Å². The van der Waals surface area contributed by atoms with Crippen LogP contribution in [0.2, 0.25) is 0 Å². The number of halogens is 3. The maximum Gasteiger partial charge on any atom is 0.709 e. The molecular formula is C14H15F3O6Si. The maximum atomic E-state index is 12.8. The second kappa shape index (κ2) is 7.47. The van der Waals surface area contributed by atoms with Crippen molar-refractivity contribution in [2.45, 2.75) is 33.0 Å². The van der Waals surface area contributed by atoms with Crippen LogP contribution in [-0.4, -0.2) is 26.7 Å². The van der Waals surface area contributed by atoms with E-state index in [0.29, 0.717) is 0 Å². The van der Waals surface area contributed by atoms with Crippen LogP contribution in [-0.2, 0) is 39.9 Å². The van der Waals surface area contributed by atoms with E-state index in [1.54, 1.807) is 0 Å². The Hall–Kier alpha value is -2.36. The van der Waals surface area contributed by atoms with E-state index < -0.39 is 44.5 Å². The van der Waals surface area contributed by atoms with E-state index in [1.807, 2.05) is 0 Å². The quantitative estimate of drug-likeness (QED) is 0.747. The van der Waals surface area contributed by atoms with Gasteiger partial charge in [-0.05, 0) is 11.6 Å². The lowest BCUT2D eigenvalue weighted by atomic mass is 10.1. The minimum Gasteiger partial charge on any atom is -0.455 e. The zero-order valence-corrected chi connectivity index (χ0v) is 14.1. The van der Waals surface area contributed by atoms with E-state index in [0.717, 1.165) is 39.0 Å². The van der Waals surface area contributed by atoms with E-state index in [4.69, 9.17) is 13.3 Å². The first kappa shape index (κ1) is 19.7. The molecule has 0 amide bonds. The summed E-state index contributed by atoms with van der Waals surface area (Å²) in [6, 6.07) is 3.66. The first-order valence-electron chi connectivity index (χ1n) is 6.68. The number of alkyl halides is 3. The molecule has 0 fully saturated rings. The molecule has 0 aliphatic heterocycles. The van der Waals surface area contributed by atoms with Crippen LogP contribution >= 0.6 is 0 Å². The Kier molecular flexibility index (Phi) is 6.13. The number of benzene rings is 1. The molecule has 24 heavy (non-hydrogen) atoms. The minimum atomic E-state index is -4.58. The molecule has 0 bridgehead atoms. The van der Waals surface area contributed by atoms with Gasteiger partial charge in [-0.3, -0.25) is 14.4 Å². The van der Waals surface area contributed by atoms with Gasteiger partial charge >= 0.3 is 15.0 Å². The fraction of sp³-hybridized carbons (Fsp3) is 0.357. The minimum absolute atomic E-state index is 0.0419. The van der Waals surface area contributed by atoms with Crippen molar-refractivity contribution in [3.05, 3.63) is 35.4 Å². The first-order valence-corrected chi connectivity index (χ1v) is 8.61. The summed E-state index contributed by atoms with van der Waals surface area (Å²) in [5.74, 6) is -2.68. The third-order valence-electron chi connectivity index (χ3n) is 2.57. The zero-order valence-electron chi connectivity index (χ0n) is 13.1. The average Bonchev–Trinajstić information content (AvgIpc) is 2.34. The predicted molar refractivity (Wildman–Crippen MR) is 76.2 cm³/mol. The SMILES string of the molecule is CC(=O)O[Si](Cc1cccc(C(F)(F)F)c1)(OC(C)=O)OC(C)=O. The van der Waals surface area contributed by atoms with Gasteiger partial charge in [-0.15, -0.1) is 0 Å². The molecule has 6 nitrogen and oxygen atoms in total. The predicted octanol–water partition coefficient (Wildman–Crippen LogP) is 2.42. The average molecular weight is 364 g/mol. The number of carbonyl (C=O) groups excluding carboxylic acids is 3. The molecule has 0 saturated heterocycles. The first-order chi connectivity index (χ1) is 10.9. The van der Waals surface area contributed by atoms with Crippen LogP contribution in [0.5, 0.6) is 0 Å². The highest BCUT2D eigenvalue weighted by molar-refractivity contribution is 6.65. The number of hydrogen-bond donors (Lipinski definition) is 0. The molecule has 0 aromatic heterocycles. The molecule has 1 aromatic rings. The molecule has 0 unspecified atom stereocenters. The van der Waals surface area contributed by atoms with Crippen molar-refractivity contribution >= 4 is 26.7 Å². The van der Waals surface area contributed by atoms with E-state index in [1.165, 1.54) is 6.07 Å². The second-order valence-corrected chi connectivity index (χ2v) is 7.17. The monoisotopic (exact) mass is 364 g/mol. The summed E-state index contributed by atoms with van der Waals surface area (Å²) in [7, 11) is -4.22. The molecule has 1 aromatic carbocycles. The van der Waals surface area contributed by atoms with Crippen LogP contribution in [0.3, 0.4) is 0 Å². The summed E-state index contributed by atoms with van der Waals surface area (Å²) in [6.45, 7) is 3.00. The molecule has 0 spiro atoms. The Morgan fingerprint density at radius 1 is 0.958 bits per heavy atom. The molecule has 1 rings (SSSR count). The normalized spacial score (nSPS) is 11.6. The smallest absolute Gasteiger partial charge is 0.455 e. The Balaban J connectivity index is 3.26. The van der Waals surface area contributed by atoms with Crippen molar-refractivity contribution in [2.75, 3.05) is 0 Å². The summed E-state index contributed by atoms with van der Waals surface area (Å²) in [6.07, 6.45) is -4.58. The molecule has 0 heterocycles. The van der Waals surface area contributed by atoms with Gasteiger partial charge < -0.3 is 13.3 Å². The number of rotatable bonds is 5. The zero-order chi connectivity index (χ0) is 18.5. The number of hydrogen-bond acceptors (Lipinski definition) is 6. The third-order valence-corrected chi connectivity index (χ3v) is 5.21. The van der Waals surface area contributed by atoms with Gasteiger partial charge in [0.05, 0.1) is 11.6 Å². The van der Waals surface area contributed by atoms with Crippen LogP contribution in [0.1, 0.15) is 31.9 Å². The Morgan fingerprint density at radius 3 is 1.79 bits per heavy atom. The van der Waals surface area contributed by atoms with Gasteiger partial charge in [0.15, 0.2) is 0 Å². The van der Waals surface area contributed by atoms with Gasteiger partial charge in [-0.1, -0.05) is 18.2 Å². The molecule has 132 valence electrons. The van der Waals surface area contributed by atoms with Crippen molar-refractivity contribution in [2.24, 2.45) is 0 Å². The Morgan fingerprint density at radius 2 is 1.42 bits per heavy atom. The van der Waals surface area contributed by atoms with E-state index in [-0.39, 0.29) is 5.56 Å². The van der Waals surface area contributed by atoms with Crippen molar-refractivity contribution in [1.82, 2.24) is 0 Å². The standard InChI is InChI=1S/C14H15F3O6Si/c1-9(18)21-24(22-10(2)19,23-11(3)20)8-12-5-4-6-13(7-12)14(15,16)17/h4-7H,8H2,1-3H3. The second-order valence-electron chi connectivity index (χ2n) is 4.84. The number of carbonyl (C=O) groups is 3. The molecule has 0 aliphatic rings. The summed E-state index contributed by atoms with van der Waals surface area (Å²) >= 11 is 0. The van der Waals surface area contributed by atoms with Crippen molar-refractivity contribution in [1.29, 1.82) is 0 Å². The van der Waals surface area contributed by atoms with Gasteiger partial charge in [0.2, 0.25) is 0 Å². The molecule has 0 saturated carbocycles. The van der Waals surface area contributed by atoms with Gasteiger partial charge in [-0.2, -0.15) is 13.2 Å². The van der Waals surface area contributed by atoms with Crippen LogP contribution in [0.4, 0.5) is 13.2 Å². The van der Waals surface area contributed by atoms with Gasteiger partial charge in [0.25, 0.3) is 17.9 Å². The Labute approximate surface area is 136 Å². The van der Waals surface area contributed by atoms with Crippen molar-refractivity contribution in [3.8, 4) is 0 Å². The fourth-order valence-electron chi connectivity index (χ4n) is 1.94. The lowest BCUT2D eigenvalue weighted by Crippen LogP contribution is -2.51. The fourth-order valence-corrected chi connectivity index (χ4v) is 4.31. The van der Waals surface area contributed by atoms with Gasteiger partial charge in [0, 0.05) is 20.8 Å². The highest BCUT2D eigenvalue weighted by Crippen LogP contribution is 2.30. The highest BCUT2D eigenvalue weighted by atomic mass is 28.4. The summed E-state index contributed by atoms with van der Waals surface area (Å²) in [5.41, 5.74) is -0.892. The lowest BCUT2D eigenvalue weighted by molar-refractivity contribution is -0.148. The molecule has 0 N–H and O–H groups in total. The molecule has 0 aliphatic carbocycles. The topological polar surface area (TPSA) is 78.9 Å². The molecule has 0 radical (unpaired) electrons. The summed E-state index contributed by atoms with van der Waals surface area (Å²) in [5, 5.41) is 0. The molecular weight excluding hydrogens is 349 g/mol. The summed E-state index contributed by atoms with van der Waals surface area (Å²) in [4.78, 5) is 33.9. The molecule has 0 atom stereocenters. The Bertz CT molecular complexity index is 603. The third kappa shape index (κ3) is 6.03. The van der Waals surface area contributed by atoms with Crippen LogP contribution in [0, 0.1) is 0 Å². The van der Waals surface area contributed by atoms with E-state index in [2.05, 4.69) is 0 Å². The van der Waals surface area contributed by atoms with Gasteiger partial charge in [0.1, 0.15) is 0 Å². The van der Waals surface area contributed by atoms with E-state index in [9.17, 15) is 27.6 Å². The van der Waals surface area contributed by atoms with Crippen LogP contribution < -0.4 is 0 Å². The molecule has 10 heteroatoms. The summed E-state index contributed by atoms with van der Waals surface area (Å²) < 4.78 is 53.1. The van der Waals surface area contributed by atoms with Crippen molar-refractivity contribution < 1.29 is 40.8 Å².